The van der Waals surface area contributed by atoms with Gasteiger partial charge in [-0.2, -0.15) is 5.10 Å². The van der Waals surface area contributed by atoms with Gasteiger partial charge in [-0.15, -0.1) is 0 Å². The van der Waals surface area contributed by atoms with Gasteiger partial charge in [0.15, 0.2) is 11.5 Å². The molecule has 0 saturated carbocycles. The van der Waals surface area contributed by atoms with Crippen LogP contribution in [0.2, 0.25) is 5.02 Å². The van der Waals surface area contributed by atoms with Gasteiger partial charge in [0, 0.05) is 6.20 Å². The number of phenolic OH excluding ortho intramolecular Hbond substituents is 1. The third-order valence-electron chi connectivity index (χ3n) is 3.56. The number of benzene rings is 1. The van der Waals surface area contributed by atoms with Gasteiger partial charge >= 0.3 is 0 Å². The van der Waals surface area contributed by atoms with Crippen LogP contribution in [0.1, 0.15) is 21.7 Å². The number of pyridine rings is 1. The van der Waals surface area contributed by atoms with Crippen LogP contribution in [0.5, 0.6) is 11.5 Å². The van der Waals surface area contributed by atoms with Crippen LogP contribution in [0.25, 0.3) is 5.65 Å². The second kappa shape index (κ2) is 6.82. The minimum absolute atomic E-state index is 0.0296. The first-order chi connectivity index (χ1) is 12.0. The van der Waals surface area contributed by atoms with Crippen molar-refractivity contribution in [1.82, 2.24) is 14.8 Å². The van der Waals surface area contributed by atoms with Crippen LogP contribution in [0.4, 0.5) is 0 Å². The van der Waals surface area contributed by atoms with E-state index in [1.54, 1.807) is 41.8 Å². The molecule has 0 aliphatic carbocycles. The highest BCUT2D eigenvalue weighted by molar-refractivity contribution is 6.30. The SMILES string of the molecule is COc1cc(/C=N/NC(=O)c2c(C)nc3ccc(Cl)cn23)ccc1O. The molecule has 8 heteroatoms. The number of carbonyl (C=O) groups excluding carboxylic acids is 1. The van der Waals surface area contributed by atoms with E-state index in [9.17, 15) is 9.90 Å². The number of nitrogens with zero attached hydrogens (tertiary/aromatic N) is 3. The Morgan fingerprint density at radius 2 is 2.20 bits per heavy atom. The van der Waals surface area contributed by atoms with E-state index in [4.69, 9.17) is 16.3 Å². The van der Waals surface area contributed by atoms with Crippen LogP contribution in [0.3, 0.4) is 0 Å². The van der Waals surface area contributed by atoms with Crippen LogP contribution >= 0.6 is 11.6 Å². The first kappa shape index (κ1) is 16.8. The highest BCUT2D eigenvalue weighted by Gasteiger charge is 2.16. The quantitative estimate of drug-likeness (QED) is 0.554. The van der Waals surface area contributed by atoms with Crippen molar-refractivity contribution in [1.29, 1.82) is 0 Å². The number of halogens is 1. The Bertz CT molecular complexity index is 981. The summed E-state index contributed by atoms with van der Waals surface area (Å²) in [5.41, 5.74) is 4.68. The van der Waals surface area contributed by atoms with Gasteiger partial charge in [0.2, 0.25) is 0 Å². The molecule has 2 heterocycles. The number of hydrogen-bond donors (Lipinski definition) is 2. The number of hydrogen-bond acceptors (Lipinski definition) is 5. The standard InChI is InChI=1S/C17H15ClN4O3/c1-10-16(22-9-12(18)4-6-15(22)20-10)17(24)21-19-8-11-3-5-13(23)14(7-11)25-2/h3-9,23H,1-2H3,(H,21,24)/b19-8+. The molecule has 0 bridgehead atoms. The fraction of sp³-hybridized carbons (Fsp3) is 0.118. The van der Waals surface area contributed by atoms with E-state index >= 15 is 0 Å². The summed E-state index contributed by atoms with van der Waals surface area (Å²) < 4.78 is 6.64. The van der Waals surface area contributed by atoms with Gasteiger partial charge in [0.1, 0.15) is 11.3 Å². The number of aryl methyl sites for hydroxylation is 1. The minimum Gasteiger partial charge on any atom is -0.504 e. The van der Waals surface area contributed by atoms with Crippen LogP contribution < -0.4 is 10.2 Å². The highest BCUT2D eigenvalue weighted by atomic mass is 35.5. The molecule has 128 valence electrons. The second-order valence-electron chi connectivity index (χ2n) is 5.25. The van der Waals surface area contributed by atoms with Crippen molar-refractivity contribution in [3.63, 3.8) is 0 Å². The monoisotopic (exact) mass is 358 g/mol. The summed E-state index contributed by atoms with van der Waals surface area (Å²) >= 11 is 5.99. The third-order valence-corrected chi connectivity index (χ3v) is 3.78. The zero-order valence-electron chi connectivity index (χ0n) is 13.5. The van der Waals surface area contributed by atoms with E-state index in [0.717, 1.165) is 0 Å². The van der Waals surface area contributed by atoms with Gasteiger partial charge in [-0.25, -0.2) is 10.4 Å². The van der Waals surface area contributed by atoms with E-state index in [-0.39, 0.29) is 5.75 Å². The molecule has 0 atom stereocenters. The Kier molecular flexibility index (Phi) is 4.58. The lowest BCUT2D eigenvalue weighted by Crippen LogP contribution is -2.20. The van der Waals surface area contributed by atoms with Gasteiger partial charge < -0.3 is 9.84 Å². The topological polar surface area (TPSA) is 88.2 Å². The molecule has 7 nitrogen and oxygen atoms in total. The van der Waals surface area contributed by atoms with E-state index in [1.165, 1.54) is 19.4 Å². The maximum atomic E-state index is 12.4. The van der Waals surface area contributed by atoms with Crippen LogP contribution in [0.15, 0.2) is 41.6 Å². The Labute approximate surface area is 148 Å². The number of rotatable bonds is 4. The maximum Gasteiger partial charge on any atom is 0.290 e. The summed E-state index contributed by atoms with van der Waals surface area (Å²) in [5.74, 6) is -0.0567. The molecular formula is C17H15ClN4O3. The van der Waals surface area contributed by atoms with E-state index in [1.807, 2.05) is 0 Å². The predicted octanol–water partition coefficient (Wildman–Crippen LogP) is 2.77. The van der Waals surface area contributed by atoms with Crippen molar-refractivity contribution in [2.75, 3.05) is 7.11 Å². The Balaban J connectivity index is 1.81. The Morgan fingerprint density at radius 3 is 2.96 bits per heavy atom. The fourth-order valence-corrected chi connectivity index (χ4v) is 2.56. The molecule has 0 aliphatic rings. The summed E-state index contributed by atoms with van der Waals surface area (Å²) in [7, 11) is 1.45. The van der Waals surface area contributed by atoms with Crippen molar-refractivity contribution < 1.29 is 14.6 Å². The van der Waals surface area contributed by atoms with Crippen molar-refractivity contribution in [2.45, 2.75) is 6.92 Å². The lowest BCUT2D eigenvalue weighted by molar-refractivity contribution is 0.0948. The number of imidazole rings is 1. The molecule has 0 radical (unpaired) electrons. The number of aromatic hydroxyl groups is 1. The van der Waals surface area contributed by atoms with Gasteiger partial charge in [-0.3, -0.25) is 9.20 Å². The number of hydrazone groups is 1. The first-order valence-electron chi connectivity index (χ1n) is 7.34. The molecular weight excluding hydrogens is 344 g/mol. The van der Waals surface area contributed by atoms with E-state index in [2.05, 4.69) is 15.5 Å². The number of aromatic nitrogens is 2. The zero-order valence-corrected chi connectivity index (χ0v) is 14.3. The molecule has 25 heavy (non-hydrogen) atoms. The molecule has 0 aliphatic heterocycles. The number of phenols is 1. The normalized spacial score (nSPS) is 11.2. The predicted molar refractivity (Wildman–Crippen MR) is 94.7 cm³/mol. The van der Waals surface area contributed by atoms with E-state index in [0.29, 0.717) is 33.4 Å². The van der Waals surface area contributed by atoms with Gasteiger partial charge in [-0.1, -0.05) is 11.6 Å². The summed E-state index contributed by atoms with van der Waals surface area (Å²) in [6.07, 6.45) is 3.08. The first-order valence-corrected chi connectivity index (χ1v) is 7.72. The molecule has 0 unspecified atom stereocenters. The molecule has 1 aromatic carbocycles. The van der Waals surface area contributed by atoms with Gasteiger partial charge in [0.05, 0.1) is 24.0 Å². The van der Waals surface area contributed by atoms with Crippen LogP contribution in [0, 0.1) is 6.92 Å². The average molecular weight is 359 g/mol. The largest absolute Gasteiger partial charge is 0.504 e. The number of fused-ring (bicyclic) bond motifs is 1. The lowest BCUT2D eigenvalue weighted by Gasteiger charge is -2.04. The average Bonchev–Trinajstić information content (AvgIpc) is 2.91. The summed E-state index contributed by atoms with van der Waals surface area (Å²) in [6.45, 7) is 1.74. The molecule has 0 fully saturated rings. The van der Waals surface area contributed by atoms with Gasteiger partial charge in [-0.05, 0) is 42.8 Å². The number of ether oxygens (including phenoxy) is 1. The zero-order chi connectivity index (χ0) is 18.0. The highest BCUT2D eigenvalue weighted by Crippen LogP contribution is 2.25. The summed E-state index contributed by atoms with van der Waals surface area (Å²) in [4.78, 5) is 16.7. The van der Waals surface area contributed by atoms with Gasteiger partial charge in [0.25, 0.3) is 5.91 Å². The smallest absolute Gasteiger partial charge is 0.290 e. The summed E-state index contributed by atoms with van der Waals surface area (Å²) in [6, 6.07) is 8.18. The number of amides is 1. The number of nitrogens with one attached hydrogen (secondary N) is 1. The van der Waals surface area contributed by atoms with Crippen molar-refractivity contribution >= 4 is 29.4 Å². The van der Waals surface area contributed by atoms with Crippen LogP contribution in [-0.2, 0) is 0 Å². The van der Waals surface area contributed by atoms with Crippen LogP contribution in [-0.4, -0.2) is 33.7 Å². The van der Waals surface area contributed by atoms with Crippen molar-refractivity contribution in [2.24, 2.45) is 5.10 Å². The Hall–Kier alpha value is -3.06. The van der Waals surface area contributed by atoms with E-state index < -0.39 is 5.91 Å². The number of carbonyl (C=O) groups is 1. The molecule has 0 spiro atoms. The molecule has 3 rings (SSSR count). The summed E-state index contributed by atoms with van der Waals surface area (Å²) in [5, 5.41) is 14.0. The lowest BCUT2D eigenvalue weighted by atomic mass is 10.2. The third kappa shape index (κ3) is 3.41. The molecule has 2 aromatic heterocycles. The minimum atomic E-state index is -0.408. The Morgan fingerprint density at radius 1 is 1.40 bits per heavy atom. The molecule has 1 amide bonds. The fourth-order valence-electron chi connectivity index (χ4n) is 2.40. The molecule has 0 saturated heterocycles. The second-order valence-corrected chi connectivity index (χ2v) is 5.69. The maximum absolute atomic E-state index is 12.4. The number of methoxy groups -OCH3 is 1. The van der Waals surface area contributed by atoms with Crippen molar-refractivity contribution in [3.8, 4) is 11.5 Å². The molecule has 2 N–H and O–H groups in total. The molecule has 3 aromatic rings. The van der Waals surface area contributed by atoms with Crippen molar-refractivity contribution in [3.05, 3.63) is 58.5 Å².